The Morgan fingerprint density at radius 2 is 2.14 bits per heavy atom. The van der Waals surface area contributed by atoms with Gasteiger partial charge in [0.25, 0.3) is 5.91 Å². The van der Waals surface area contributed by atoms with Crippen molar-refractivity contribution in [3.8, 4) is 0 Å². The van der Waals surface area contributed by atoms with Crippen LogP contribution in [0.3, 0.4) is 0 Å². The molecule has 1 amide bonds. The molecule has 0 saturated heterocycles. The lowest BCUT2D eigenvalue weighted by molar-refractivity contribution is -0.383. The molecule has 0 fully saturated rings. The fourth-order valence-electron chi connectivity index (χ4n) is 1.48. The standard InChI is InChI=1S/C11H9ClN6O3/c12-7-3-1-2-6(4-7)11(19)17-16-10-8(18(20)21)9(13)14-5-15-10/h1-5H,(H,17,19)(H3,13,14,15,16). The number of nitrogens with one attached hydrogen (secondary N) is 2. The summed E-state index contributed by atoms with van der Waals surface area (Å²) in [6.45, 7) is 0. The minimum atomic E-state index is -0.747. The van der Waals surface area contributed by atoms with Crippen molar-refractivity contribution < 1.29 is 9.72 Å². The van der Waals surface area contributed by atoms with E-state index in [9.17, 15) is 14.9 Å². The molecule has 0 spiro atoms. The van der Waals surface area contributed by atoms with E-state index in [1.54, 1.807) is 12.1 Å². The Morgan fingerprint density at radius 1 is 1.38 bits per heavy atom. The van der Waals surface area contributed by atoms with Gasteiger partial charge in [0.2, 0.25) is 11.6 Å². The van der Waals surface area contributed by atoms with Gasteiger partial charge < -0.3 is 5.73 Å². The maximum Gasteiger partial charge on any atom is 0.354 e. The Hall–Kier alpha value is -2.94. The molecule has 10 heteroatoms. The molecule has 0 aliphatic carbocycles. The van der Waals surface area contributed by atoms with Crippen LogP contribution in [-0.2, 0) is 0 Å². The maximum atomic E-state index is 11.9. The van der Waals surface area contributed by atoms with E-state index < -0.39 is 16.5 Å². The number of benzene rings is 1. The third-order valence-electron chi connectivity index (χ3n) is 2.41. The molecule has 0 aliphatic heterocycles. The number of hydrazine groups is 1. The molecule has 0 saturated carbocycles. The van der Waals surface area contributed by atoms with Gasteiger partial charge in [0.05, 0.1) is 4.92 Å². The first-order valence-electron chi connectivity index (χ1n) is 5.56. The van der Waals surface area contributed by atoms with Crippen molar-refractivity contribution in [1.82, 2.24) is 15.4 Å². The van der Waals surface area contributed by atoms with E-state index in [0.717, 1.165) is 6.33 Å². The van der Waals surface area contributed by atoms with Gasteiger partial charge in [0.15, 0.2) is 0 Å². The summed E-state index contributed by atoms with van der Waals surface area (Å²) in [6.07, 6.45) is 1.04. The fraction of sp³-hybridized carbons (Fsp3) is 0. The molecule has 9 nitrogen and oxygen atoms in total. The van der Waals surface area contributed by atoms with Gasteiger partial charge in [0.1, 0.15) is 6.33 Å². The van der Waals surface area contributed by atoms with Gasteiger partial charge >= 0.3 is 5.69 Å². The largest absolute Gasteiger partial charge is 0.378 e. The highest BCUT2D eigenvalue weighted by molar-refractivity contribution is 6.30. The number of halogens is 1. The van der Waals surface area contributed by atoms with Crippen LogP contribution in [0.5, 0.6) is 0 Å². The minimum Gasteiger partial charge on any atom is -0.378 e. The zero-order valence-electron chi connectivity index (χ0n) is 10.4. The summed E-state index contributed by atoms with van der Waals surface area (Å²) in [5, 5.41) is 11.3. The van der Waals surface area contributed by atoms with Gasteiger partial charge in [-0.15, -0.1) is 0 Å². The van der Waals surface area contributed by atoms with Crippen LogP contribution in [0.2, 0.25) is 5.02 Å². The average Bonchev–Trinajstić information content (AvgIpc) is 2.44. The lowest BCUT2D eigenvalue weighted by atomic mass is 10.2. The van der Waals surface area contributed by atoms with Crippen LogP contribution in [0.4, 0.5) is 17.3 Å². The van der Waals surface area contributed by atoms with Crippen LogP contribution >= 0.6 is 11.6 Å². The van der Waals surface area contributed by atoms with Gasteiger partial charge in [-0.25, -0.2) is 9.97 Å². The Bertz CT molecular complexity index is 708. The molecule has 0 aliphatic rings. The molecule has 0 atom stereocenters. The lowest BCUT2D eigenvalue weighted by Gasteiger charge is -2.08. The summed E-state index contributed by atoms with van der Waals surface area (Å²) in [5.41, 5.74) is 9.75. The third-order valence-corrected chi connectivity index (χ3v) is 2.65. The highest BCUT2D eigenvalue weighted by atomic mass is 35.5. The first-order chi connectivity index (χ1) is 9.99. The molecule has 0 radical (unpaired) electrons. The van der Waals surface area contributed by atoms with Crippen molar-refractivity contribution in [2.75, 3.05) is 11.2 Å². The normalized spacial score (nSPS) is 9.95. The molecule has 4 N–H and O–H groups in total. The minimum absolute atomic E-state index is 0.220. The highest BCUT2D eigenvalue weighted by Gasteiger charge is 2.21. The summed E-state index contributed by atoms with van der Waals surface area (Å²) < 4.78 is 0. The Kier molecular flexibility index (Phi) is 4.14. The van der Waals surface area contributed by atoms with Crippen molar-refractivity contribution in [1.29, 1.82) is 0 Å². The summed E-state index contributed by atoms with van der Waals surface area (Å²) >= 11 is 5.77. The molecule has 108 valence electrons. The highest BCUT2D eigenvalue weighted by Crippen LogP contribution is 2.25. The van der Waals surface area contributed by atoms with E-state index in [4.69, 9.17) is 17.3 Å². The first-order valence-corrected chi connectivity index (χ1v) is 5.93. The third kappa shape index (κ3) is 3.34. The van der Waals surface area contributed by atoms with E-state index in [0.29, 0.717) is 5.02 Å². The van der Waals surface area contributed by atoms with Gasteiger partial charge in [-0.05, 0) is 18.2 Å². The van der Waals surface area contributed by atoms with E-state index in [2.05, 4.69) is 20.8 Å². The number of carbonyl (C=O) groups excluding carboxylic acids is 1. The van der Waals surface area contributed by atoms with E-state index >= 15 is 0 Å². The zero-order valence-corrected chi connectivity index (χ0v) is 11.2. The Labute approximate surface area is 123 Å². The van der Waals surface area contributed by atoms with Crippen molar-refractivity contribution in [2.45, 2.75) is 0 Å². The number of nitrogens with two attached hydrogens (primary N) is 1. The number of rotatable bonds is 4. The molecule has 2 aromatic rings. The van der Waals surface area contributed by atoms with Gasteiger partial charge in [-0.3, -0.25) is 25.8 Å². The fourth-order valence-corrected chi connectivity index (χ4v) is 1.67. The number of hydrogen-bond acceptors (Lipinski definition) is 7. The van der Waals surface area contributed by atoms with Crippen molar-refractivity contribution >= 4 is 34.8 Å². The smallest absolute Gasteiger partial charge is 0.354 e. The van der Waals surface area contributed by atoms with E-state index in [-0.39, 0.29) is 17.2 Å². The average molecular weight is 309 g/mol. The van der Waals surface area contributed by atoms with Crippen LogP contribution in [0.25, 0.3) is 0 Å². The predicted octanol–water partition coefficient (Wildman–Crippen LogP) is 1.38. The number of anilines is 2. The van der Waals surface area contributed by atoms with Crippen LogP contribution in [-0.4, -0.2) is 20.8 Å². The number of aromatic nitrogens is 2. The van der Waals surface area contributed by atoms with E-state index in [1.165, 1.54) is 12.1 Å². The molecule has 0 bridgehead atoms. The van der Waals surface area contributed by atoms with Crippen LogP contribution in [0.1, 0.15) is 10.4 Å². The van der Waals surface area contributed by atoms with Gasteiger partial charge in [0, 0.05) is 10.6 Å². The molecular formula is C11H9ClN6O3. The number of hydrogen-bond donors (Lipinski definition) is 3. The number of carbonyl (C=O) groups is 1. The Morgan fingerprint density at radius 3 is 2.81 bits per heavy atom. The predicted molar refractivity (Wildman–Crippen MR) is 75.6 cm³/mol. The lowest BCUT2D eigenvalue weighted by Crippen LogP contribution is -2.30. The van der Waals surface area contributed by atoms with Gasteiger partial charge in [-0.2, -0.15) is 0 Å². The van der Waals surface area contributed by atoms with Crippen molar-refractivity contribution in [3.63, 3.8) is 0 Å². The second kappa shape index (κ2) is 6.01. The number of amides is 1. The first kappa shape index (κ1) is 14.5. The molecular weight excluding hydrogens is 300 g/mol. The summed E-state index contributed by atoms with van der Waals surface area (Å²) in [6, 6.07) is 6.19. The number of nitrogen functional groups attached to an aromatic ring is 1. The van der Waals surface area contributed by atoms with E-state index in [1.807, 2.05) is 0 Å². The summed E-state index contributed by atoms with van der Waals surface area (Å²) in [4.78, 5) is 29.2. The molecule has 0 unspecified atom stereocenters. The quantitative estimate of drug-likeness (QED) is 0.573. The topological polar surface area (TPSA) is 136 Å². The van der Waals surface area contributed by atoms with Crippen molar-refractivity contribution in [3.05, 3.63) is 51.3 Å². The zero-order chi connectivity index (χ0) is 15.4. The van der Waals surface area contributed by atoms with Crippen LogP contribution in [0, 0.1) is 10.1 Å². The number of nitrogens with zero attached hydrogens (tertiary/aromatic N) is 3. The summed E-state index contributed by atoms with van der Waals surface area (Å²) in [5.74, 6) is -1.07. The monoisotopic (exact) mass is 308 g/mol. The number of nitro groups is 1. The SMILES string of the molecule is Nc1ncnc(NNC(=O)c2cccc(Cl)c2)c1[N+](=O)[O-]. The van der Waals surface area contributed by atoms with Crippen LogP contribution in [0.15, 0.2) is 30.6 Å². The molecule has 2 rings (SSSR count). The van der Waals surface area contributed by atoms with Gasteiger partial charge in [-0.1, -0.05) is 17.7 Å². The molecule has 1 aromatic heterocycles. The molecule has 1 aromatic carbocycles. The second-order valence-corrected chi connectivity index (χ2v) is 4.24. The maximum absolute atomic E-state index is 11.9. The summed E-state index contributed by atoms with van der Waals surface area (Å²) in [7, 11) is 0. The Balaban J connectivity index is 2.15. The van der Waals surface area contributed by atoms with Crippen molar-refractivity contribution in [2.24, 2.45) is 0 Å². The second-order valence-electron chi connectivity index (χ2n) is 3.80. The molecule has 1 heterocycles. The van der Waals surface area contributed by atoms with Crippen LogP contribution < -0.4 is 16.6 Å². The molecule has 21 heavy (non-hydrogen) atoms.